The fourth-order valence-corrected chi connectivity index (χ4v) is 6.35. The number of pyridine rings is 1. The van der Waals surface area contributed by atoms with Gasteiger partial charge in [0.2, 0.25) is 5.43 Å². The molecule has 0 radical (unpaired) electrons. The SMILES string of the molecule is CC/C=C(C)\C1=C(/CC)C(N2CN(CC3CCC3)C(=O)c3c(O)c(=O)c(C)cn32)CCC=C/C=C(/C)CCC1. The lowest BCUT2D eigenvalue weighted by atomic mass is 9.85. The zero-order valence-electron chi connectivity index (χ0n) is 24.6. The standard InChI is InChI=1S/C33H47N3O3/c1-6-13-24(4)28-18-11-15-23(3)14-9-8-10-19-29(27(28)7-2)36-22-34(21-26-16-12-17-26)33(39)30-32(38)31(37)25(5)20-35(30)36/h8-9,13-14,20,26,29,38H,6-7,10-12,15-19,21-22H2,1-5H3/b9-8?,23-14-,24-13-,28-27+. The second-order valence-electron chi connectivity index (χ2n) is 11.6. The minimum atomic E-state index is -0.461. The highest BCUT2D eigenvalue weighted by molar-refractivity contribution is 5.96. The third-order valence-corrected chi connectivity index (χ3v) is 8.77. The highest BCUT2D eigenvalue weighted by Gasteiger charge is 2.38. The molecule has 0 saturated heterocycles. The van der Waals surface area contributed by atoms with Gasteiger partial charge >= 0.3 is 0 Å². The van der Waals surface area contributed by atoms with Crippen LogP contribution in [0.4, 0.5) is 0 Å². The number of allylic oxidation sites excluding steroid dienone is 7. The van der Waals surface area contributed by atoms with Crippen molar-refractivity contribution in [3.05, 3.63) is 74.3 Å². The van der Waals surface area contributed by atoms with E-state index >= 15 is 0 Å². The van der Waals surface area contributed by atoms with Crippen LogP contribution in [-0.4, -0.2) is 39.8 Å². The largest absolute Gasteiger partial charge is 0.502 e. The first-order valence-electron chi connectivity index (χ1n) is 15.0. The number of aromatic hydroxyl groups is 1. The van der Waals surface area contributed by atoms with E-state index in [2.05, 4.69) is 57.0 Å². The maximum absolute atomic E-state index is 13.7. The molecule has 1 aromatic rings. The van der Waals surface area contributed by atoms with Gasteiger partial charge in [-0.1, -0.05) is 55.7 Å². The predicted molar refractivity (Wildman–Crippen MR) is 160 cm³/mol. The Labute approximate surface area is 234 Å². The van der Waals surface area contributed by atoms with Crippen molar-refractivity contribution >= 4 is 5.91 Å². The van der Waals surface area contributed by atoms with E-state index in [1.807, 2.05) is 9.58 Å². The molecule has 1 aliphatic heterocycles. The summed E-state index contributed by atoms with van der Waals surface area (Å²) in [6.45, 7) is 11.7. The van der Waals surface area contributed by atoms with E-state index in [4.69, 9.17) is 0 Å². The zero-order chi connectivity index (χ0) is 28.1. The molecule has 1 saturated carbocycles. The molecule has 1 aromatic heterocycles. The number of rotatable bonds is 6. The van der Waals surface area contributed by atoms with Gasteiger partial charge in [-0.05, 0) is 95.6 Å². The lowest BCUT2D eigenvalue weighted by Gasteiger charge is -2.46. The summed E-state index contributed by atoms with van der Waals surface area (Å²) in [7, 11) is 0. The monoisotopic (exact) mass is 533 g/mol. The van der Waals surface area contributed by atoms with Crippen LogP contribution < -0.4 is 10.4 Å². The van der Waals surface area contributed by atoms with Gasteiger partial charge in [-0.25, -0.2) is 0 Å². The van der Waals surface area contributed by atoms with Crippen LogP contribution >= 0.6 is 0 Å². The molecule has 3 aliphatic rings. The molecule has 1 fully saturated rings. The van der Waals surface area contributed by atoms with Crippen molar-refractivity contribution < 1.29 is 9.90 Å². The number of amides is 1. The average molecular weight is 534 g/mol. The second kappa shape index (κ2) is 12.9. The van der Waals surface area contributed by atoms with E-state index in [0.29, 0.717) is 24.7 Å². The first-order valence-corrected chi connectivity index (χ1v) is 15.0. The molecule has 2 aliphatic carbocycles. The molecule has 0 spiro atoms. The van der Waals surface area contributed by atoms with Crippen LogP contribution in [0.5, 0.6) is 5.75 Å². The molecule has 6 nitrogen and oxygen atoms in total. The van der Waals surface area contributed by atoms with Gasteiger partial charge in [-0.2, -0.15) is 0 Å². The highest BCUT2D eigenvalue weighted by Crippen LogP contribution is 2.34. The number of hydrogen-bond donors (Lipinski definition) is 1. The van der Waals surface area contributed by atoms with E-state index < -0.39 is 11.2 Å². The zero-order valence-corrected chi connectivity index (χ0v) is 24.6. The number of carbonyl (C=O) groups excluding carboxylic acids is 1. The van der Waals surface area contributed by atoms with Crippen LogP contribution in [0, 0.1) is 12.8 Å². The quantitative estimate of drug-likeness (QED) is 0.431. The number of aromatic nitrogens is 1. The van der Waals surface area contributed by atoms with Gasteiger partial charge in [0, 0.05) is 18.3 Å². The molecule has 0 aromatic carbocycles. The molecule has 39 heavy (non-hydrogen) atoms. The molecule has 212 valence electrons. The van der Waals surface area contributed by atoms with Crippen molar-refractivity contribution in [2.24, 2.45) is 5.92 Å². The molecule has 6 heteroatoms. The molecular formula is C33H47N3O3. The van der Waals surface area contributed by atoms with Crippen LogP contribution in [0.25, 0.3) is 0 Å². The Kier molecular flexibility index (Phi) is 9.58. The van der Waals surface area contributed by atoms with Crippen LogP contribution in [0.3, 0.4) is 0 Å². The lowest BCUT2D eigenvalue weighted by molar-refractivity contribution is 0.0610. The third kappa shape index (κ3) is 6.26. The highest BCUT2D eigenvalue weighted by atomic mass is 16.3. The molecule has 1 amide bonds. The average Bonchev–Trinajstić information content (AvgIpc) is 2.87. The van der Waals surface area contributed by atoms with Gasteiger partial charge in [0.15, 0.2) is 11.4 Å². The first kappa shape index (κ1) is 29.0. The minimum Gasteiger partial charge on any atom is -0.502 e. The Balaban J connectivity index is 1.89. The minimum absolute atomic E-state index is 0.0244. The van der Waals surface area contributed by atoms with Gasteiger partial charge in [-0.15, -0.1) is 0 Å². The molecule has 1 N–H and O–H groups in total. The maximum atomic E-state index is 13.7. The van der Waals surface area contributed by atoms with Gasteiger partial charge < -0.3 is 10.0 Å². The van der Waals surface area contributed by atoms with E-state index in [0.717, 1.165) is 57.8 Å². The van der Waals surface area contributed by atoms with Crippen molar-refractivity contribution in [1.29, 1.82) is 0 Å². The Morgan fingerprint density at radius 2 is 1.87 bits per heavy atom. The summed E-state index contributed by atoms with van der Waals surface area (Å²) in [5.41, 5.74) is 5.65. The summed E-state index contributed by atoms with van der Waals surface area (Å²) < 4.78 is 1.81. The number of fused-ring (bicyclic) bond motifs is 1. The van der Waals surface area contributed by atoms with Crippen molar-refractivity contribution in [2.45, 2.75) is 105 Å². The Bertz CT molecular complexity index is 1250. The van der Waals surface area contributed by atoms with Gasteiger partial charge in [-0.3, -0.25) is 19.3 Å². The number of hydrogen-bond acceptors (Lipinski definition) is 4. The fourth-order valence-electron chi connectivity index (χ4n) is 6.35. The van der Waals surface area contributed by atoms with Crippen LogP contribution in [0.1, 0.15) is 108 Å². The normalized spacial score (nSPS) is 24.9. The van der Waals surface area contributed by atoms with Crippen LogP contribution in [-0.2, 0) is 0 Å². The van der Waals surface area contributed by atoms with Crippen LogP contribution in [0.2, 0.25) is 0 Å². The summed E-state index contributed by atoms with van der Waals surface area (Å²) >= 11 is 0. The molecule has 0 bridgehead atoms. The molecule has 4 rings (SSSR count). The number of aryl methyl sites for hydroxylation is 1. The fraction of sp³-hybridized carbons (Fsp3) is 0.576. The van der Waals surface area contributed by atoms with Crippen molar-refractivity contribution in [3.63, 3.8) is 0 Å². The molecule has 1 unspecified atom stereocenters. The summed E-state index contributed by atoms with van der Waals surface area (Å²) in [4.78, 5) is 28.4. The Morgan fingerprint density at radius 1 is 1.10 bits per heavy atom. The van der Waals surface area contributed by atoms with Crippen molar-refractivity contribution in [1.82, 2.24) is 9.58 Å². The molecular weight excluding hydrogens is 486 g/mol. The summed E-state index contributed by atoms with van der Waals surface area (Å²) in [6, 6.07) is 0.0244. The predicted octanol–water partition coefficient (Wildman–Crippen LogP) is 6.91. The van der Waals surface area contributed by atoms with Gasteiger partial charge in [0.25, 0.3) is 5.91 Å². The number of carbonyl (C=O) groups is 1. The number of nitrogens with zero attached hydrogens (tertiary/aromatic N) is 3. The summed E-state index contributed by atoms with van der Waals surface area (Å²) in [5.74, 6) is -0.186. The maximum Gasteiger partial charge on any atom is 0.277 e. The first-order chi connectivity index (χ1) is 18.8. The Morgan fingerprint density at radius 3 is 2.54 bits per heavy atom. The van der Waals surface area contributed by atoms with E-state index in [9.17, 15) is 14.7 Å². The van der Waals surface area contributed by atoms with E-state index in [1.54, 1.807) is 13.1 Å². The summed E-state index contributed by atoms with van der Waals surface area (Å²) in [5, 5.41) is 13.2. The van der Waals surface area contributed by atoms with E-state index in [-0.39, 0.29) is 17.6 Å². The molecule has 2 heterocycles. The van der Waals surface area contributed by atoms with E-state index in [1.165, 1.54) is 28.7 Å². The second-order valence-corrected chi connectivity index (χ2v) is 11.6. The summed E-state index contributed by atoms with van der Waals surface area (Å²) in [6.07, 6.45) is 21.0. The van der Waals surface area contributed by atoms with Crippen LogP contribution in [0.15, 0.2) is 57.6 Å². The van der Waals surface area contributed by atoms with Crippen molar-refractivity contribution in [2.75, 3.05) is 18.2 Å². The Hall–Kier alpha value is -3.02. The smallest absolute Gasteiger partial charge is 0.277 e. The van der Waals surface area contributed by atoms with Gasteiger partial charge in [0.05, 0.1) is 6.04 Å². The van der Waals surface area contributed by atoms with Gasteiger partial charge in [0.1, 0.15) is 6.67 Å². The molecule has 1 atom stereocenters. The third-order valence-electron chi connectivity index (χ3n) is 8.77. The van der Waals surface area contributed by atoms with Crippen molar-refractivity contribution in [3.8, 4) is 5.75 Å². The topological polar surface area (TPSA) is 65.8 Å². The lowest BCUT2D eigenvalue weighted by Crippen LogP contribution is -2.59.